The van der Waals surface area contributed by atoms with Crippen molar-refractivity contribution in [3.05, 3.63) is 0 Å². The topological polar surface area (TPSA) is 6.48 Å². The largest absolute Gasteiger partial charge is 0.363 e. The predicted octanol–water partition coefficient (Wildman–Crippen LogP) is 3.92. The molecule has 0 unspecified atom stereocenters. The average Bonchev–Trinajstić information content (AvgIpc) is 2.20. The smallest absolute Gasteiger partial charge is 0.147 e. The molecule has 7 heteroatoms. The van der Waals surface area contributed by atoms with E-state index in [0.29, 0.717) is 0 Å². The van der Waals surface area contributed by atoms with E-state index in [2.05, 4.69) is 25.7 Å². The number of hydrogen-bond donors (Lipinski definition) is 0. The van der Waals surface area contributed by atoms with Crippen LogP contribution in [0.25, 0.3) is 0 Å². The summed E-state index contributed by atoms with van der Waals surface area (Å²) < 4.78 is 1.98. The minimum Gasteiger partial charge on any atom is -0.363 e. The van der Waals surface area contributed by atoms with Gasteiger partial charge in [0.15, 0.2) is 0 Å². The van der Waals surface area contributed by atoms with Gasteiger partial charge < -0.3 is 9.80 Å². The van der Waals surface area contributed by atoms with E-state index in [0.717, 1.165) is 14.5 Å². The van der Waals surface area contributed by atoms with Crippen molar-refractivity contribution in [1.82, 2.24) is 9.80 Å². The Morgan fingerprint density at radius 1 is 1.00 bits per heavy atom. The fourth-order valence-corrected chi connectivity index (χ4v) is 3.84. The first kappa shape index (κ1) is 17.8. The van der Waals surface area contributed by atoms with Gasteiger partial charge >= 0.3 is 0 Å². The summed E-state index contributed by atoms with van der Waals surface area (Å²) >= 11 is 12.4. The van der Waals surface area contributed by atoms with Crippen LogP contribution < -0.4 is 0 Å². The molecule has 0 spiro atoms. The zero-order valence-corrected chi connectivity index (χ0v) is 15.2. The third-order valence-electron chi connectivity index (χ3n) is 1.55. The first-order valence-electron chi connectivity index (χ1n) is 5.08. The summed E-state index contributed by atoms with van der Waals surface area (Å²) in [5, 5.41) is 0. The Labute approximate surface area is 128 Å². The molecule has 0 bridgehead atoms. The molecule has 0 fully saturated rings. The highest BCUT2D eigenvalue weighted by molar-refractivity contribution is 8.89. The lowest BCUT2D eigenvalue weighted by Gasteiger charge is -2.24. The second-order valence-corrected chi connectivity index (χ2v) is 9.85. The molecule has 0 aromatic heterocycles. The Balaban J connectivity index is 3.95. The minimum atomic E-state index is 0.265. The van der Waals surface area contributed by atoms with E-state index in [1.165, 1.54) is 10.8 Å². The lowest BCUT2D eigenvalue weighted by atomic mass is 10.3. The molecule has 0 amide bonds. The zero-order chi connectivity index (χ0) is 13.6. The van der Waals surface area contributed by atoms with Gasteiger partial charge in [-0.3, -0.25) is 0 Å². The summed E-state index contributed by atoms with van der Waals surface area (Å²) in [5.41, 5.74) is 0. The van der Waals surface area contributed by atoms with Crippen LogP contribution >= 0.6 is 57.8 Å². The second kappa shape index (κ2) is 8.09. The third-order valence-corrected chi connectivity index (χ3v) is 6.99. The van der Waals surface area contributed by atoms with Gasteiger partial charge in [-0.2, -0.15) is 0 Å². The van der Waals surface area contributed by atoms with Gasteiger partial charge in [0.05, 0.1) is 5.88 Å². The van der Waals surface area contributed by atoms with E-state index in [1.807, 2.05) is 37.8 Å². The first-order chi connectivity index (χ1) is 7.63. The summed E-state index contributed by atoms with van der Waals surface area (Å²) in [5.74, 6) is 0.907. The van der Waals surface area contributed by atoms with E-state index in [9.17, 15) is 0 Å². The molecule has 0 aromatic carbocycles. The lowest BCUT2D eigenvalue weighted by Crippen LogP contribution is -2.25. The van der Waals surface area contributed by atoms with Crippen molar-refractivity contribution in [3.8, 4) is 0 Å². The normalized spacial score (nSPS) is 11.2. The Morgan fingerprint density at radius 3 is 1.88 bits per heavy atom. The van der Waals surface area contributed by atoms with Crippen molar-refractivity contribution in [2.24, 2.45) is 0 Å². The van der Waals surface area contributed by atoms with Gasteiger partial charge in [-0.05, 0) is 21.6 Å². The fraction of sp³-hybridized carbons (Fsp3) is 0.800. The number of thiocarbonyl (C=S) groups is 2. The number of nitrogens with zero attached hydrogens (tertiary/aromatic N) is 2. The third kappa shape index (κ3) is 9.41. The minimum absolute atomic E-state index is 0.265. The molecule has 0 aliphatic carbocycles. The molecular weight excluding hydrogens is 308 g/mol. The van der Waals surface area contributed by atoms with Crippen molar-refractivity contribution in [1.29, 1.82) is 0 Å². The van der Waals surface area contributed by atoms with E-state index in [-0.39, 0.29) is 4.75 Å². The maximum atomic E-state index is 5.35. The number of rotatable bonds is 2. The van der Waals surface area contributed by atoms with Gasteiger partial charge in [0, 0.05) is 25.9 Å². The van der Waals surface area contributed by atoms with Crippen molar-refractivity contribution in [3.63, 3.8) is 0 Å². The molecule has 100 valence electrons. The molecule has 0 heterocycles. The maximum absolute atomic E-state index is 5.35. The molecular formula is C10H20N2S5. The molecule has 0 saturated heterocycles. The quantitative estimate of drug-likeness (QED) is 0.425. The van der Waals surface area contributed by atoms with Crippen LogP contribution in [-0.4, -0.2) is 50.2 Å². The van der Waals surface area contributed by atoms with Crippen molar-refractivity contribution in [2.75, 3.05) is 27.0 Å². The molecule has 0 radical (unpaired) electrons. The summed E-state index contributed by atoms with van der Waals surface area (Å²) in [7, 11) is 8.99. The van der Waals surface area contributed by atoms with Gasteiger partial charge in [-0.25, -0.2) is 0 Å². The van der Waals surface area contributed by atoms with Gasteiger partial charge in [0.25, 0.3) is 0 Å². The standard InChI is InChI=1S/C10H20N2S5/c1-10(2,3)15-7-12(6)9(14)17-16-8(13)11(4)5/h7H2,1-6H3. The van der Waals surface area contributed by atoms with Crippen LogP contribution in [0.2, 0.25) is 0 Å². The number of thioether (sulfide) groups is 1. The molecule has 0 saturated carbocycles. The summed E-state index contributed by atoms with van der Waals surface area (Å²) in [6.07, 6.45) is 0. The van der Waals surface area contributed by atoms with Crippen LogP contribution in [-0.2, 0) is 0 Å². The highest BCUT2D eigenvalue weighted by Crippen LogP contribution is 2.29. The predicted molar refractivity (Wildman–Crippen MR) is 94.0 cm³/mol. The lowest BCUT2D eigenvalue weighted by molar-refractivity contribution is 0.617. The SMILES string of the molecule is CN(C)C(=S)SSC(=S)N(C)CSC(C)(C)C. The van der Waals surface area contributed by atoms with E-state index in [4.69, 9.17) is 24.4 Å². The highest BCUT2D eigenvalue weighted by atomic mass is 33.1. The first-order valence-corrected chi connectivity index (χ1v) is 9.03. The fourth-order valence-electron chi connectivity index (χ4n) is 0.553. The maximum Gasteiger partial charge on any atom is 0.147 e. The molecule has 0 atom stereocenters. The van der Waals surface area contributed by atoms with E-state index < -0.39 is 0 Å². The van der Waals surface area contributed by atoms with E-state index >= 15 is 0 Å². The van der Waals surface area contributed by atoms with Crippen molar-refractivity contribution in [2.45, 2.75) is 25.5 Å². The number of hydrogen-bond acceptors (Lipinski definition) is 5. The van der Waals surface area contributed by atoms with Gasteiger partial charge in [0.2, 0.25) is 0 Å². The summed E-state index contributed by atoms with van der Waals surface area (Å²) in [4.78, 5) is 4.00. The second-order valence-electron chi connectivity index (χ2n) is 4.68. The van der Waals surface area contributed by atoms with Crippen molar-refractivity contribution < 1.29 is 0 Å². The van der Waals surface area contributed by atoms with Crippen molar-refractivity contribution >= 4 is 66.4 Å². The van der Waals surface area contributed by atoms with Crippen LogP contribution in [0.15, 0.2) is 0 Å². The average molecular weight is 329 g/mol. The molecule has 0 aromatic rings. The Hall–Kier alpha value is 0.830. The van der Waals surface area contributed by atoms with Crippen LogP contribution in [0.1, 0.15) is 20.8 Å². The Bertz CT molecular complexity index is 272. The molecule has 0 rings (SSSR count). The van der Waals surface area contributed by atoms with Gasteiger partial charge in [-0.15, -0.1) is 11.8 Å². The Kier molecular flexibility index (Phi) is 8.49. The highest BCUT2D eigenvalue weighted by Gasteiger charge is 2.14. The molecule has 0 aliphatic heterocycles. The molecule has 0 aliphatic rings. The molecule has 0 N–H and O–H groups in total. The summed E-state index contributed by atoms with van der Waals surface area (Å²) in [6, 6.07) is 0. The molecule has 17 heavy (non-hydrogen) atoms. The monoisotopic (exact) mass is 328 g/mol. The zero-order valence-electron chi connectivity index (χ0n) is 11.1. The van der Waals surface area contributed by atoms with Crippen LogP contribution in [0, 0.1) is 0 Å². The van der Waals surface area contributed by atoms with Gasteiger partial charge in [-0.1, -0.05) is 45.2 Å². The molecule has 2 nitrogen and oxygen atoms in total. The van der Waals surface area contributed by atoms with Crippen LogP contribution in [0.3, 0.4) is 0 Å². The van der Waals surface area contributed by atoms with Gasteiger partial charge in [0.1, 0.15) is 8.64 Å². The van der Waals surface area contributed by atoms with E-state index in [1.54, 1.807) is 10.8 Å². The van der Waals surface area contributed by atoms with Crippen LogP contribution in [0.4, 0.5) is 0 Å². The summed E-state index contributed by atoms with van der Waals surface area (Å²) in [6.45, 7) is 6.62. The van der Waals surface area contributed by atoms with Crippen LogP contribution in [0.5, 0.6) is 0 Å². The Morgan fingerprint density at radius 2 is 1.47 bits per heavy atom.